The van der Waals surface area contributed by atoms with Crippen LogP contribution in [0.15, 0.2) is 4.52 Å². The third kappa shape index (κ3) is 3.39. The van der Waals surface area contributed by atoms with Crippen LogP contribution in [0.2, 0.25) is 0 Å². The lowest BCUT2D eigenvalue weighted by atomic mass is 9.96. The summed E-state index contributed by atoms with van der Waals surface area (Å²) in [5.74, 6) is 0.620. The number of carbonyl (C=O) groups is 1. The van der Waals surface area contributed by atoms with E-state index in [4.69, 9.17) is 4.52 Å². The zero-order valence-electron chi connectivity index (χ0n) is 13.5. The first kappa shape index (κ1) is 16.7. The van der Waals surface area contributed by atoms with Gasteiger partial charge in [-0.3, -0.25) is 9.69 Å². The molecule has 1 aromatic heterocycles. The zero-order chi connectivity index (χ0) is 15.3. The van der Waals surface area contributed by atoms with E-state index in [-0.39, 0.29) is 11.4 Å². The summed E-state index contributed by atoms with van der Waals surface area (Å²) in [5, 5.41) is 6.86. The predicted molar refractivity (Wildman–Crippen MR) is 80.0 cm³/mol. The maximum Gasteiger partial charge on any atom is 0.273 e. The van der Waals surface area contributed by atoms with Crippen molar-refractivity contribution in [2.45, 2.75) is 53.0 Å². The fraction of sp³-hybridized carbons (Fsp3) is 0.733. The lowest BCUT2D eigenvalue weighted by molar-refractivity contribution is 0.0877. The molecule has 0 saturated heterocycles. The van der Waals surface area contributed by atoms with Crippen molar-refractivity contribution >= 4 is 5.91 Å². The van der Waals surface area contributed by atoms with Crippen LogP contribution in [-0.4, -0.2) is 41.6 Å². The second kappa shape index (κ2) is 6.88. The van der Waals surface area contributed by atoms with Crippen molar-refractivity contribution in [3.63, 3.8) is 0 Å². The van der Waals surface area contributed by atoms with Crippen LogP contribution in [0.25, 0.3) is 0 Å². The summed E-state index contributed by atoms with van der Waals surface area (Å²) >= 11 is 0. The Balaban J connectivity index is 2.73. The van der Waals surface area contributed by atoms with Gasteiger partial charge in [0.2, 0.25) is 0 Å². The number of amides is 1. The number of likely N-dealkylation sites (N-methyl/N-ethyl adjacent to an activating group) is 1. The molecule has 0 saturated carbocycles. The van der Waals surface area contributed by atoms with Crippen LogP contribution >= 0.6 is 0 Å². The summed E-state index contributed by atoms with van der Waals surface area (Å²) in [6.07, 6.45) is 1.72. The molecule has 0 fully saturated rings. The number of hydrogen-bond acceptors (Lipinski definition) is 4. The molecule has 1 aromatic rings. The van der Waals surface area contributed by atoms with Crippen molar-refractivity contribution in [1.82, 2.24) is 15.4 Å². The summed E-state index contributed by atoms with van der Waals surface area (Å²) in [6, 6.07) is 0. The number of nitrogens with one attached hydrogen (secondary N) is 1. The van der Waals surface area contributed by atoms with Crippen LogP contribution < -0.4 is 5.32 Å². The Morgan fingerprint density at radius 2 is 2.05 bits per heavy atom. The molecule has 1 rings (SSSR count). The largest absolute Gasteiger partial charge is 0.360 e. The zero-order valence-corrected chi connectivity index (χ0v) is 13.5. The van der Waals surface area contributed by atoms with Crippen molar-refractivity contribution in [1.29, 1.82) is 0 Å². The van der Waals surface area contributed by atoms with Gasteiger partial charge in [-0.25, -0.2) is 0 Å². The van der Waals surface area contributed by atoms with E-state index in [1.54, 1.807) is 0 Å². The molecule has 0 aliphatic heterocycles. The molecule has 1 atom stereocenters. The van der Waals surface area contributed by atoms with Gasteiger partial charge in [-0.05, 0) is 33.9 Å². The molecule has 1 unspecified atom stereocenters. The Hall–Kier alpha value is -1.36. The molecule has 0 aromatic carbocycles. The van der Waals surface area contributed by atoms with Gasteiger partial charge in [0.15, 0.2) is 5.69 Å². The van der Waals surface area contributed by atoms with Crippen LogP contribution in [0, 0.1) is 6.92 Å². The highest BCUT2D eigenvalue weighted by atomic mass is 16.5. The van der Waals surface area contributed by atoms with Gasteiger partial charge >= 0.3 is 0 Å². The quantitative estimate of drug-likeness (QED) is 0.833. The minimum absolute atomic E-state index is 0.0460. The lowest BCUT2D eigenvalue weighted by Gasteiger charge is -2.37. The van der Waals surface area contributed by atoms with Crippen LogP contribution in [-0.2, 0) is 6.42 Å². The number of aryl methyl sites for hydroxylation is 1. The second-order valence-electron chi connectivity index (χ2n) is 5.48. The average Bonchev–Trinajstić information content (AvgIpc) is 2.84. The van der Waals surface area contributed by atoms with Gasteiger partial charge in [-0.1, -0.05) is 25.9 Å². The third-order valence-electron chi connectivity index (χ3n) is 4.34. The highest BCUT2D eigenvalue weighted by Crippen LogP contribution is 2.17. The van der Waals surface area contributed by atoms with E-state index in [1.165, 1.54) is 0 Å². The summed E-state index contributed by atoms with van der Waals surface area (Å²) < 4.78 is 5.17. The summed E-state index contributed by atoms with van der Waals surface area (Å²) in [5.41, 5.74) is 1.20. The van der Waals surface area contributed by atoms with Crippen LogP contribution in [0.1, 0.15) is 55.9 Å². The van der Waals surface area contributed by atoms with Gasteiger partial charge in [0.05, 0.1) is 0 Å². The number of rotatable bonds is 7. The second-order valence-corrected chi connectivity index (χ2v) is 5.48. The minimum Gasteiger partial charge on any atom is -0.360 e. The van der Waals surface area contributed by atoms with Gasteiger partial charge in [0.25, 0.3) is 5.91 Å². The maximum atomic E-state index is 12.2. The summed E-state index contributed by atoms with van der Waals surface area (Å²) in [7, 11) is 2.08. The third-order valence-corrected chi connectivity index (χ3v) is 4.34. The first-order chi connectivity index (χ1) is 9.39. The van der Waals surface area contributed by atoms with E-state index in [9.17, 15) is 4.79 Å². The number of carbonyl (C=O) groups excluding carboxylic acids is 1. The molecular weight excluding hydrogens is 254 g/mol. The van der Waals surface area contributed by atoms with Gasteiger partial charge in [0, 0.05) is 24.1 Å². The van der Waals surface area contributed by atoms with Crippen molar-refractivity contribution in [2.75, 3.05) is 20.1 Å². The molecule has 1 N–H and O–H groups in total. The van der Waals surface area contributed by atoms with Crippen LogP contribution in [0.3, 0.4) is 0 Å². The first-order valence-electron chi connectivity index (χ1n) is 7.34. The molecule has 0 spiro atoms. The SMILES string of the molecule is CCc1onc(C(=O)NCC(C)(CC)N(C)CC)c1C. The number of nitrogens with zero attached hydrogens (tertiary/aromatic N) is 2. The fourth-order valence-electron chi connectivity index (χ4n) is 2.18. The van der Waals surface area contributed by atoms with Gasteiger partial charge in [0.1, 0.15) is 5.76 Å². The molecule has 1 heterocycles. The molecule has 0 aliphatic rings. The smallest absolute Gasteiger partial charge is 0.273 e. The van der Waals surface area contributed by atoms with Crippen molar-refractivity contribution in [3.05, 3.63) is 17.0 Å². The van der Waals surface area contributed by atoms with Crippen LogP contribution in [0.4, 0.5) is 0 Å². The van der Waals surface area contributed by atoms with Crippen LogP contribution in [0.5, 0.6) is 0 Å². The predicted octanol–water partition coefficient (Wildman–Crippen LogP) is 2.40. The van der Waals surface area contributed by atoms with Gasteiger partial charge < -0.3 is 9.84 Å². The van der Waals surface area contributed by atoms with E-state index in [1.807, 2.05) is 13.8 Å². The number of aromatic nitrogens is 1. The van der Waals surface area contributed by atoms with Crippen molar-refractivity contribution in [2.24, 2.45) is 0 Å². The van der Waals surface area contributed by atoms with E-state index >= 15 is 0 Å². The molecule has 5 nitrogen and oxygen atoms in total. The highest BCUT2D eigenvalue weighted by molar-refractivity contribution is 5.93. The maximum absolute atomic E-state index is 12.2. The van der Waals surface area contributed by atoms with E-state index < -0.39 is 0 Å². The summed E-state index contributed by atoms with van der Waals surface area (Å²) in [6.45, 7) is 11.8. The molecule has 1 amide bonds. The molecular formula is C15H27N3O2. The topological polar surface area (TPSA) is 58.4 Å². The Morgan fingerprint density at radius 1 is 1.40 bits per heavy atom. The van der Waals surface area contributed by atoms with Crippen molar-refractivity contribution in [3.8, 4) is 0 Å². The average molecular weight is 281 g/mol. The molecule has 0 radical (unpaired) electrons. The minimum atomic E-state index is -0.157. The standard InChI is InChI=1S/C15H27N3O2/c1-7-12-11(4)13(17-20-12)14(19)16-10-15(5,8-2)18(6)9-3/h7-10H2,1-6H3,(H,16,19). The number of hydrogen-bond donors (Lipinski definition) is 1. The molecule has 0 aliphatic carbocycles. The summed E-state index contributed by atoms with van der Waals surface area (Å²) in [4.78, 5) is 14.5. The van der Waals surface area contributed by atoms with Gasteiger partial charge in [-0.15, -0.1) is 0 Å². The molecule has 114 valence electrons. The molecule has 20 heavy (non-hydrogen) atoms. The van der Waals surface area contributed by atoms with E-state index in [2.05, 4.69) is 43.2 Å². The molecule has 5 heteroatoms. The van der Waals surface area contributed by atoms with E-state index in [0.29, 0.717) is 12.2 Å². The Morgan fingerprint density at radius 3 is 2.50 bits per heavy atom. The first-order valence-corrected chi connectivity index (χ1v) is 7.34. The Labute approximate surface area is 121 Å². The molecule has 0 bridgehead atoms. The lowest BCUT2D eigenvalue weighted by Crippen LogP contribution is -2.51. The Kier molecular flexibility index (Phi) is 5.74. The monoisotopic (exact) mass is 281 g/mol. The van der Waals surface area contributed by atoms with E-state index in [0.717, 1.165) is 30.7 Å². The normalized spacial score (nSPS) is 14.3. The van der Waals surface area contributed by atoms with Gasteiger partial charge in [-0.2, -0.15) is 0 Å². The fourth-order valence-corrected chi connectivity index (χ4v) is 2.18. The Bertz CT molecular complexity index is 456. The van der Waals surface area contributed by atoms with Crippen molar-refractivity contribution < 1.29 is 9.32 Å². The highest BCUT2D eigenvalue weighted by Gasteiger charge is 2.28.